The Morgan fingerprint density at radius 3 is 2.15 bits per heavy atom. The summed E-state index contributed by atoms with van der Waals surface area (Å²) in [5.74, 6) is 0.820. The number of halogens is 3. The standard InChI is InChI=1S/C24H23F3N4O3/c1-33-19-6-2-16(3-7-19)21-10-11-22(30-29-21)31-14-12-17(13-15-31)23(32)28-18-4-8-20(9-5-18)34-24(25,26)27/h2-11,17H,12-15H2,1H3,(H,28,32). The largest absolute Gasteiger partial charge is 0.573 e. The first-order chi connectivity index (χ1) is 16.3. The van der Waals surface area contributed by atoms with Gasteiger partial charge in [-0.1, -0.05) is 0 Å². The van der Waals surface area contributed by atoms with Crippen LogP contribution in [-0.4, -0.2) is 42.7 Å². The molecule has 7 nitrogen and oxygen atoms in total. The van der Waals surface area contributed by atoms with Gasteiger partial charge < -0.3 is 19.7 Å². The Bertz CT molecular complexity index is 1100. The predicted molar refractivity (Wildman–Crippen MR) is 121 cm³/mol. The van der Waals surface area contributed by atoms with Crippen LogP contribution in [0, 0.1) is 5.92 Å². The lowest BCUT2D eigenvalue weighted by atomic mass is 9.95. The molecule has 0 saturated carbocycles. The SMILES string of the molecule is COc1ccc(-c2ccc(N3CCC(C(=O)Nc4ccc(OC(F)(F)F)cc4)CC3)nn2)cc1. The summed E-state index contributed by atoms with van der Waals surface area (Å²) in [5.41, 5.74) is 2.11. The summed E-state index contributed by atoms with van der Waals surface area (Å²) in [4.78, 5) is 14.7. The first-order valence-electron chi connectivity index (χ1n) is 10.7. The highest BCUT2D eigenvalue weighted by Crippen LogP contribution is 2.27. The number of nitrogens with zero attached hydrogens (tertiary/aromatic N) is 3. The molecule has 2 heterocycles. The molecule has 1 aliphatic rings. The number of methoxy groups -OCH3 is 1. The van der Waals surface area contributed by atoms with E-state index in [2.05, 4.69) is 25.2 Å². The molecule has 1 aromatic heterocycles. The molecule has 0 bridgehead atoms. The van der Waals surface area contributed by atoms with Crippen LogP contribution in [-0.2, 0) is 4.79 Å². The van der Waals surface area contributed by atoms with Gasteiger partial charge in [0.25, 0.3) is 0 Å². The van der Waals surface area contributed by atoms with Gasteiger partial charge in [-0.05, 0) is 73.5 Å². The smallest absolute Gasteiger partial charge is 0.497 e. The number of hydrogen-bond donors (Lipinski definition) is 1. The highest BCUT2D eigenvalue weighted by atomic mass is 19.4. The molecule has 1 aliphatic heterocycles. The lowest BCUT2D eigenvalue weighted by molar-refractivity contribution is -0.274. The van der Waals surface area contributed by atoms with Crippen LogP contribution in [0.3, 0.4) is 0 Å². The number of ether oxygens (including phenoxy) is 2. The number of aromatic nitrogens is 2. The number of carbonyl (C=O) groups excluding carboxylic acids is 1. The number of piperidine rings is 1. The molecule has 1 N–H and O–H groups in total. The molecule has 0 atom stereocenters. The van der Waals surface area contributed by atoms with E-state index in [0.29, 0.717) is 31.6 Å². The number of alkyl halides is 3. The third kappa shape index (κ3) is 5.94. The lowest BCUT2D eigenvalue weighted by Gasteiger charge is -2.31. The Kier molecular flexibility index (Phi) is 6.85. The highest BCUT2D eigenvalue weighted by molar-refractivity contribution is 5.92. The second kappa shape index (κ2) is 9.98. The van der Waals surface area contributed by atoms with E-state index in [-0.39, 0.29) is 17.6 Å². The van der Waals surface area contributed by atoms with Crippen molar-refractivity contribution in [1.29, 1.82) is 0 Å². The van der Waals surface area contributed by atoms with Gasteiger partial charge in [-0.25, -0.2) is 0 Å². The molecule has 3 aromatic rings. The van der Waals surface area contributed by atoms with Gasteiger partial charge in [0.1, 0.15) is 11.5 Å². The molecule has 1 saturated heterocycles. The second-order valence-electron chi connectivity index (χ2n) is 7.83. The number of carbonyl (C=O) groups is 1. The first-order valence-corrected chi connectivity index (χ1v) is 10.7. The van der Waals surface area contributed by atoms with Crippen molar-refractivity contribution < 1.29 is 27.4 Å². The number of nitrogens with one attached hydrogen (secondary N) is 1. The maximum absolute atomic E-state index is 12.6. The molecule has 0 radical (unpaired) electrons. The molecule has 1 amide bonds. The van der Waals surface area contributed by atoms with Crippen molar-refractivity contribution in [3.8, 4) is 22.8 Å². The average Bonchev–Trinajstić information content (AvgIpc) is 2.85. The molecule has 2 aromatic carbocycles. The van der Waals surface area contributed by atoms with Crippen LogP contribution in [0.1, 0.15) is 12.8 Å². The quantitative estimate of drug-likeness (QED) is 0.550. The highest BCUT2D eigenvalue weighted by Gasteiger charge is 2.31. The Morgan fingerprint density at radius 1 is 0.941 bits per heavy atom. The monoisotopic (exact) mass is 472 g/mol. The van der Waals surface area contributed by atoms with Crippen LogP contribution in [0.5, 0.6) is 11.5 Å². The Balaban J connectivity index is 1.29. The summed E-state index contributed by atoms with van der Waals surface area (Å²) in [6.07, 6.45) is -3.49. The third-order valence-electron chi connectivity index (χ3n) is 5.58. The fraction of sp³-hybridized carbons (Fsp3) is 0.292. The van der Waals surface area contributed by atoms with Gasteiger partial charge in [0.2, 0.25) is 5.91 Å². The fourth-order valence-corrected chi connectivity index (χ4v) is 3.76. The molecule has 1 fully saturated rings. The molecule has 10 heteroatoms. The van der Waals surface area contributed by atoms with Gasteiger partial charge in [0, 0.05) is 30.3 Å². The van der Waals surface area contributed by atoms with Crippen LogP contribution in [0.4, 0.5) is 24.7 Å². The minimum atomic E-state index is -4.75. The van der Waals surface area contributed by atoms with Crippen LogP contribution in [0.25, 0.3) is 11.3 Å². The van der Waals surface area contributed by atoms with Gasteiger partial charge in [0.15, 0.2) is 5.82 Å². The zero-order valence-electron chi connectivity index (χ0n) is 18.4. The average molecular weight is 472 g/mol. The summed E-state index contributed by atoms with van der Waals surface area (Å²) >= 11 is 0. The van der Waals surface area contributed by atoms with Gasteiger partial charge >= 0.3 is 6.36 Å². The summed E-state index contributed by atoms with van der Waals surface area (Å²) in [6, 6.07) is 16.5. The summed E-state index contributed by atoms with van der Waals surface area (Å²) in [7, 11) is 1.62. The number of benzene rings is 2. The van der Waals surface area contributed by atoms with Crippen LogP contribution >= 0.6 is 0 Å². The minimum Gasteiger partial charge on any atom is -0.497 e. The normalized spacial score (nSPS) is 14.5. The maximum Gasteiger partial charge on any atom is 0.573 e. The summed E-state index contributed by atoms with van der Waals surface area (Å²) in [5, 5.41) is 11.4. The van der Waals surface area contributed by atoms with E-state index < -0.39 is 6.36 Å². The molecule has 4 rings (SSSR count). The Hall–Kier alpha value is -3.82. The topological polar surface area (TPSA) is 76.6 Å². The summed E-state index contributed by atoms with van der Waals surface area (Å²) < 4.78 is 45.8. The molecular formula is C24H23F3N4O3. The van der Waals surface area contributed by atoms with Crippen molar-refractivity contribution in [3.63, 3.8) is 0 Å². The van der Waals surface area contributed by atoms with Crippen molar-refractivity contribution >= 4 is 17.4 Å². The van der Waals surface area contributed by atoms with E-state index >= 15 is 0 Å². The van der Waals surface area contributed by atoms with E-state index in [9.17, 15) is 18.0 Å². The predicted octanol–water partition coefficient (Wildman–Crippen LogP) is 4.91. The Morgan fingerprint density at radius 2 is 1.59 bits per heavy atom. The van der Waals surface area contributed by atoms with E-state index in [1.54, 1.807) is 7.11 Å². The van der Waals surface area contributed by atoms with E-state index in [1.807, 2.05) is 36.4 Å². The van der Waals surface area contributed by atoms with Crippen LogP contribution in [0.2, 0.25) is 0 Å². The van der Waals surface area contributed by atoms with E-state index in [1.165, 1.54) is 24.3 Å². The maximum atomic E-state index is 12.6. The third-order valence-corrected chi connectivity index (χ3v) is 5.58. The molecule has 0 spiro atoms. The van der Waals surface area contributed by atoms with E-state index in [0.717, 1.165) is 22.8 Å². The summed E-state index contributed by atoms with van der Waals surface area (Å²) in [6.45, 7) is 1.29. The number of amides is 1. The van der Waals surface area contributed by atoms with E-state index in [4.69, 9.17) is 4.74 Å². The fourth-order valence-electron chi connectivity index (χ4n) is 3.76. The molecular weight excluding hydrogens is 449 g/mol. The number of anilines is 2. The zero-order chi connectivity index (χ0) is 24.1. The number of rotatable bonds is 6. The van der Waals surface area contributed by atoms with Gasteiger partial charge in [0.05, 0.1) is 12.8 Å². The lowest BCUT2D eigenvalue weighted by Crippen LogP contribution is -2.38. The number of hydrogen-bond acceptors (Lipinski definition) is 6. The second-order valence-corrected chi connectivity index (χ2v) is 7.83. The Labute approximate surface area is 194 Å². The van der Waals surface area contributed by atoms with Gasteiger partial charge in [-0.2, -0.15) is 0 Å². The van der Waals surface area contributed by atoms with Gasteiger partial charge in [-0.3, -0.25) is 4.79 Å². The molecule has 0 unspecified atom stereocenters. The molecule has 178 valence electrons. The van der Waals surface area contributed by atoms with Crippen molar-refractivity contribution in [2.24, 2.45) is 5.92 Å². The first kappa shape index (κ1) is 23.3. The molecule has 34 heavy (non-hydrogen) atoms. The van der Waals surface area contributed by atoms with Crippen LogP contribution in [0.15, 0.2) is 60.7 Å². The van der Waals surface area contributed by atoms with Crippen molar-refractivity contribution in [2.45, 2.75) is 19.2 Å². The zero-order valence-corrected chi connectivity index (χ0v) is 18.4. The van der Waals surface area contributed by atoms with Crippen LogP contribution < -0.4 is 19.7 Å². The van der Waals surface area contributed by atoms with Gasteiger partial charge in [-0.15, -0.1) is 23.4 Å². The minimum absolute atomic E-state index is 0.162. The van der Waals surface area contributed by atoms with Crippen molar-refractivity contribution in [3.05, 3.63) is 60.7 Å². The van der Waals surface area contributed by atoms with Crippen molar-refractivity contribution in [1.82, 2.24) is 10.2 Å². The molecule has 0 aliphatic carbocycles. The van der Waals surface area contributed by atoms with Crippen molar-refractivity contribution in [2.75, 3.05) is 30.4 Å².